The number of rotatable bonds is 4. The Morgan fingerprint density at radius 3 is 2.95 bits per heavy atom. The molecular weight excluding hydrogens is 344 g/mol. The monoisotopic (exact) mass is 354 g/mol. The predicted molar refractivity (Wildman–Crippen MR) is 82.5 cm³/mol. The van der Waals surface area contributed by atoms with Crippen molar-refractivity contribution < 1.29 is 9.53 Å². The van der Waals surface area contributed by atoms with Gasteiger partial charge in [-0.05, 0) is 53.2 Å². The van der Waals surface area contributed by atoms with Gasteiger partial charge in [-0.25, -0.2) is 4.98 Å². The first-order chi connectivity index (χ1) is 9.61. The van der Waals surface area contributed by atoms with Gasteiger partial charge >= 0.3 is 0 Å². The van der Waals surface area contributed by atoms with E-state index in [1.165, 1.54) is 0 Å². The zero-order chi connectivity index (χ0) is 14.5. The van der Waals surface area contributed by atoms with Crippen molar-refractivity contribution in [1.82, 2.24) is 4.98 Å². The number of carbonyl (C=O) groups is 1. The maximum absolute atomic E-state index is 12.2. The van der Waals surface area contributed by atoms with Crippen LogP contribution in [0.25, 0.3) is 0 Å². The molecule has 0 saturated carbocycles. The van der Waals surface area contributed by atoms with Crippen molar-refractivity contribution in [3.63, 3.8) is 0 Å². The average Bonchev–Trinajstić information content (AvgIpc) is 2.42. The van der Waals surface area contributed by atoms with Crippen molar-refractivity contribution in [3.05, 3.63) is 51.7 Å². The third-order valence-electron chi connectivity index (χ3n) is 2.49. The number of nitrogens with one attached hydrogen (secondary N) is 1. The van der Waals surface area contributed by atoms with E-state index in [9.17, 15) is 4.79 Å². The van der Waals surface area contributed by atoms with Crippen LogP contribution in [0.1, 0.15) is 17.3 Å². The van der Waals surface area contributed by atoms with Gasteiger partial charge in [-0.15, -0.1) is 0 Å². The number of anilines is 1. The van der Waals surface area contributed by atoms with Gasteiger partial charge in [-0.1, -0.05) is 11.6 Å². The van der Waals surface area contributed by atoms with Crippen molar-refractivity contribution in [2.24, 2.45) is 0 Å². The van der Waals surface area contributed by atoms with Gasteiger partial charge in [-0.3, -0.25) is 4.79 Å². The molecule has 104 valence electrons. The van der Waals surface area contributed by atoms with E-state index in [1.807, 2.05) is 6.92 Å². The minimum atomic E-state index is -0.284. The Bertz CT molecular complexity index is 634. The first-order valence-electron chi connectivity index (χ1n) is 5.96. The molecule has 20 heavy (non-hydrogen) atoms. The number of pyridine rings is 1. The molecule has 6 heteroatoms. The summed E-state index contributed by atoms with van der Waals surface area (Å²) in [6.07, 6.45) is 1.60. The molecule has 1 amide bonds. The molecule has 1 N–H and O–H groups in total. The summed E-state index contributed by atoms with van der Waals surface area (Å²) < 4.78 is 5.94. The van der Waals surface area contributed by atoms with E-state index in [4.69, 9.17) is 16.3 Å². The largest absolute Gasteiger partial charge is 0.492 e. The standard InChI is InChI=1S/C14H12BrClN2O2/c1-2-20-12-6-5-9(16)8-11(12)18-14(19)10-4-3-7-17-13(10)15/h3-8H,2H2,1H3,(H,18,19). The van der Waals surface area contributed by atoms with Gasteiger partial charge in [0, 0.05) is 11.2 Å². The molecule has 0 atom stereocenters. The molecule has 0 unspecified atom stereocenters. The highest BCUT2D eigenvalue weighted by atomic mass is 79.9. The SMILES string of the molecule is CCOc1ccc(Cl)cc1NC(=O)c1cccnc1Br. The lowest BCUT2D eigenvalue weighted by molar-refractivity contribution is 0.102. The molecule has 0 bridgehead atoms. The van der Waals surface area contributed by atoms with E-state index < -0.39 is 0 Å². The zero-order valence-electron chi connectivity index (χ0n) is 10.7. The molecule has 0 saturated heterocycles. The average molecular weight is 356 g/mol. The first kappa shape index (κ1) is 14.8. The summed E-state index contributed by atoms with van der Waals surface area (Å²) in [7, 11) is 0. The number of aromatic nitrogens is 1. The Labute approximate surface area is 130 Å². The summed E-state index contributed by atoms with van der Waals surface area (Å²) in [6.45, 7) is 2.37. The Balaban J connectivity index is 2.27. The highest BCUT2D eigenvalue weighted by Crippen LogP contribution is 2.29. The molecule has 0 radical (unpaired) electrons. The number of amides is 1. The Morgan fingerprint density at radius 1 is 1.45 bits per heavy atom. The van der Waals surface area contributed by atoms with Crippen LogP contribution in [0.15, 0.2) is 41.1 Å². The molecule has 0 aliphatic heterocycles. The summed E-state index contributed by atoms with van der Waals surface area (Å²) in [5.74, 6) is 0.290. The lowest BCUT2D eigenvalue weighted by atomic mass is 10.2. The molecule has 2 rings (SSSR count). The first-order valence-corrected chi connectivity index (χ1v) is 7.13. The van der Waals surface area contributed by atoms with E-state index in [2.05, 4.69) is 26.2 Å². The van der Waals surface area contributed by atoms with Crippen molar-refractivity contribution in [2.75, 3.05) is 11.9 Å². The molecule has 0 aliphatic rings. The zero-order valence-corrected chi connectivity index (χ0v) is 13.0. The molecule has 0 aliphatic carbocycles. The minimum Gasteiger partial charge on any atom is -0.492 e. The fourth-order valence-corrected chi connectivity index (χ4v) is 2.23. The summed E-state index contributed by atoms with van der Waals surface area (Å²) >= 11 is 9.19. The van der Waals surface area contributed by atoms with Gasteiger partial charge in [0.1, 0.15) is 10.4 Å². The molecule has 1 aromatic carbocycles. The Hall–Kier alpha value is -1.59. The predicted octanol–water partition coefficient (Wildman–Crippen LogP) is 4.15. The number of nitrogens with zero attached hydrogens (tertiary/aromatic N) is 1. The third kappa shape index (κ3) is 3.49. The highest BCUT2D eigenvalue weighted by molar-refractivity contribution is 9.10. The number of ether oxygens (including phenoxy) is 1. The third-order valence-corrected chi connectivity index (χ3v) is 3.36. The second kappa shape index (κ2) is 6.72. The van der Waals surface area contributed by atoms with Crippen molar-refractivity contribution in [3.8, 4) is 5.75 Å². The van der Waals surface area contributed by atoms with E-state index in [-0.39, 0.29) is 5.91 Å². The number of halogens is 2. The number of hydrogen-bond acceptors (Lipinski definition) is 3. The maximum atomic E-state index is 12.2. The lowest BCUT2D eigenvalue weighted by Gasteiger charge is -2.12. The van der Waals surface area contributed by atoms with Crippen molar-refractivity contribution in [2.45, 2.75) is 6.92 Å². The van der Waals surface area contributed by atoms with E-state index in [1.54, 1.807) is 36.5 Å². The van der Waals surface area contributed by atoms with Gasteiger partial charge in [0.25, 0.3) is 5.91 Å². The lowest BCUT2D eigenvalue weighted by Crippen LogP contribution is -2.14. The topological polar surface area (TPSA) is 51.2 Å². The van der Waals surface area contributed by atoms with Gasteiger partial charge in [0.05, 0.1) is 17.9 Å². The molecular formula is C14H12BrClN2O2. The Morgan fingerprint density at radius 2 is 2.25 bits per heavy atom. The van der Waals surface area contributed by atoms with Crippen LogP contribution in [0.2, 0.25) is 5.02 Å². The van der Waals surface area contributed by atoms with E-state index >= 15 is 0 Å². The molecule has 0 spiro atoms. The van der Waals surface area contributed by atoms with Crippen LogP contribution in [-0.2, 0) is 0 Å². The van der Waals surface area contributed by atoms with Crippen LogP contribution in [0.3, 0.4) is 0 Å². The number of benzene rings is 1. The summed E-state index contributed by atoms with van der Waals surface area (Å²) in [4.78, 5) is 16.2. The van der Waals surface area contributed by atoms with E-state index in [0.29, 0.717) is 33.2 Å². The molecule has 4 nitrogen and oxygen atoms in total. The second-order valence-electron chi connectivity index (χ2n) is 3.87. The summed E-state index contributed by atoms with van der Waals surface area (Å²) in [5.41, 5.74) is 0.968. The quantitative estimate of drug-likeness (QED) is 0.838. The van der Waals surface area contributed by atoms with Crippen molar-refractivity contribution >= 4 is 39.1 Å². The highest BCUT2D eigenvalue weighted by Gasteiger charge is 2.13. The molecule has 1 aromatic heterocycles. The van der Waals surface area contributed by atoms with Crippen LogP contribution in [0.5, 0.6) is 5.75 Å². The number of carbonyl (C=O) groups excluding carboxylic acids is 1. The Kier molecular flexibility index (Phi) is 4.98. The number of hydrogen-bond donors (Lipinski definition) is 1. The summed E-state index contributed by atoms with van der Waals surface area (Å²) in [6, 6.07) is 8.45. The van der Waals surface area contributed by atoms with Crippen LogP contribution in [0.4, 0.5) is 5.69 Å². The van der Waals surface area contributed by atoms with Crippen LogP contribution < -0.4 is 10.1 Å². The molecule has 2 aromatic rings. The van der Waals surface area contributed by atoms with Crippen molar-refractivity contribution in [1.29, 1.82) is 0 Å². The van der Waals surface area contributed by atoms with E-state index in [0.717, 1.165) is 0 Å². The van der Waals surface area contributed by atoms with Gasteiger partial charge < -0.3 is 10.1 Å². The van der Waals surface area contributed by atoms with Crippen LogP contribution in [0, 0.1) is 0 Å². The fraction of sp³-hybridized carbons (Fsp3) is 0.143. The maximum Gasteiger partial charge on any atom is 0.258 e. The minimum absolute atomic E-state index is 0.284. The van der Waals surface area contributed by atoms with Crippen LogP contribution >= 0.6 is 27.5 Å². The van der Waals surface area contributed by atoms with Crippen LogP contribution in [-0.4, -0.2) is 17.5 Å². The molecule has 0 fully saturated rings. The summed E-state index contributed by atoms with van der Waals surface area (Å²) in [5, 5.41) is 3.30. The molecule has 1 heterocycles. The van der Waals surface area contributed by atoms with Gasteiger partial charge in [-0.2, -0.15) is 0 Å². The van der Waals surface area contributed by atoms with Gasteiger partial charge in [0.15, 0.2) is 0 Å². The van der Waals surface area contributed by atoms with Gasteiger partial charge in [0.2, 0.25) is 0 Å². The second-order valence-corrected chi connectivity index (χ2v) is 5.06. The smallest absolute Gasteiger partial charge is 0.258 e. The normalized spacial score (nSPS) is 10.2. The fourth-order valence-electron chi connectivity index (χ4n) is 1.63.